The van der Waals surface area contributed by atoms with Gasteiger partial charge in [-0.25, -0.2) is 0 Å². The zero-order valence-corrected chi connectivity index (χ0v) is 7.15. The zero-order chi connectivity index (χ0) is 9.26. The van der Waals surface area contributed by atoms with Crippen molar-refractivity contribution in [3.05, 3.63) is 24.0 Å². The smallest absolute Gasteiger partial charge is 0.240 e. The summed E-state index contributed by atoms with van der Waals surface area (Å²) in [5, 5.41) is 3.76. The SMILES string of the molecule is Cc1occc1-c1noc(CN)n1. The van der Waals surface area contributed by atoms with E-state index in [0.717, 1.165) is 11.3 Å². The molecule has 2 aromatic heterocycles. The predicted octanol–water partition coefficient (Wildman–Crippen LogP) is 1.10. The molecule has 0 aliphatic carbocycles. The van der Waals surface area contributed by atoms with Gasteiger partial charge in [0.1, 0.15) is 5.76 Å². The van der Waals surface area contributed by atoms with Gasteiger partial charge in [0.05, 0.1) is 18.4 Å². The van der Waals surface area contributed by atoms with Gasteiger partial charge in [-0.1, -0.05) is 5.16 Å². The molecule has 0 saturated carbocycles. The maximum atomic E-state index is 5.33. The fourth-order valence-electron chi connectivity index (χ4n) is 1.06. The summed E-state index contributed by atoms with van der Waals surface area (Å²) in [7, 11) is 0. The molecule has 0 aliphatic rings. The van der Waals surface area contributed by atoms with Crippen molar-refractivity contribution < 1.29 is 8.94 Å². The highest BCUT2D eigenvalue weighted by molar-refractivity contribution is 5.55. The standard InChI is InChI=1S/C8H9N3O2/c1-5-6(2-3-12-5)8-10-7(4-9)13-11-8/h2-3H,4,9H2,1H3. The summed E-state index contributed by atoms with van der Waals surface area (Å²) >= 11 is 0. The number of rotatable bonds is 2. The second-order valence-corrected chi connectivity index (χ2v) is 2.61. The number of nitrogens with zero attached hydrogens (tertiary/aromatic N) is 2. The van der Waals surface area contributed by atoms with Gasteiger partial charge in [-0.3, -0.25) is 0 Å². The molecule has 13 heavy (non-hydrogen) atoms. The van der Waals surface area contributed by atoms with Gasteiger partial charge in [0, 0.05) is 0 Å². The first-order chi connectivity index (χ1) is 6.31. The van der Waals surface area contributed by atoms with Crippen LogP contribution in [0, 0.1) is 6.92 Å². The van der Waals surface area contributed by atoms with E-state index in [0.29, 0.717) is 11.7 Å². The summed E-state index contributed by atoms with van der Waals surface area (Å²) in [5.41, 5.74) is 6.17. The van der Waals surface area contributed by atoms with E-state index < -0.39 is 0 Å². The molecular formula is C8H9N3O2. The summed E-state index contributed by atoms with van der Waals surface area (Å²) in [4.78, 5) is 4.07. The largest absolute Gasteiger partial charge is 0.469 e. The van der Waals surface area contributed by atoms with Crippen molar-refractivity contribution >= 4 is 0 Å². The van der Waals surface area contributed by atoms with E-state index in [4.69, 9.17) is 14.7 Å². The molecule has 0 radical (unpaired) electrons. The van der Waals surface area contributed by atoms with E-state index in [1.165, 1.54) is 0 Å². The van der Waals surface area contributed by atoms with Crippen LogP contribution in [0.2, 0.25) is 0 Å². The maximum absolute atomic E-state index is 5.33. The molecule has 5 nitrogen and oxygen atoms in total. The van der Waals surface area contributed by atoms with Crippen molar-refractivity contribution in [2.75, 3.05) is 0 Å². The van der Waals surface area contributed by atoms with Gasteiger partial charge < -0.3 is 14.7 Å². The van der Waals surface area contributed by atoms with Gasteiger partial charge in [0.25, 0.3) is 0 Å². The summed E-state index contributed by atoms with van der Waals surface area (Å²) in [5.74, 6) is 1.71. The highest BCUT2D eigenvalue weighted by Gasteiger charge is 2.11. The zero-order valence-electron chi connectivity index (χ0n) is 7.15. The van der Waals surface area contributed by atoms with E-state index in [2.05, 4.69) is 10.1 Å². The van der Waals surface area contributed by atoms with E-state index in [1.807, 2.05) is 6.92 Å². The van der Waals surface area contributed by atoms with E-state index in [1.54, 1.807) is 12.3 Å². The molecule has 2 rings (SSSR count). The third-order valence-corrected chi connectivity index (χ3v) is 1.74. The Bertz CT molecular complexity index is 405. The van der Waals surface area contributed by atoms with E-state index in [9.17, 15) is 0 Å². The summed E-state index contributed by atoms with van der Waals surface area (Å²) in [6.45, 7) is 2.09. The van der Waals surface area contributed by atoms with Crippen LogP contribution >= 0.6 is 0 Å². The summed E-state index contributed by atoms with van der Waals surface area (Å²) in [6, 6.07) is 1.79. The number of hydrogen-bond acceptors (Lipinski definition) is 5. The molecule has 2 N–H and O–H groups in total. The van der Waals surface area contributed by atoms with Crippen LogP contribution < -0.4 is 5.73 Å². The molecule has 0 fully saturated rings. The molecule has 0 bridgehead atoms. The van der Waals surface area contributed by atoms with Crippen LogP contribution in [-0.2, 0) is 6.54 Å². The monoisotopic (exact) mass is 179 g/mol. The van der Waals surface area contributed by atoms with Crippen molar-refractivity contribution in [3.63, 3.8) is 0 Å². The van der Waals surface area contributed by atoms with E-state index >= 15 is 0 Å². The van der Waals surface area contributed by atoms with E-state index in [-0.39, 0.29) is 6.54 Å². The van der Waals surface area contributed by atoms with Crippen molar-refractivity contribution in [2.24, 2.45) is 5.73 Å². The first kappa shape index (κ1) is 8.00. The number of nitrogens with two attached hydrogens (primary N) is 1. The quantitative estimate of drug-likeness (QED) is 0.746. The minimum Gasteiger partial charge on any atom is -0.469 e. The predicted molar refractivity (Wildman–Crippen MR) is 44.6 cm³/mol. The Labute approximate surface area is 74.5 Å². The van der Waals surface area contributed by atoms with Gasteiger partial charge >= 0.3 is 0 Å². The second-order valence-electron chi connectivity index (χ2n) is 2.61. The molecule has 0 spiro atoms. The molecule has 68 valence electrons. The van der Waals surface area contributed by atoms with Crippen LogP contribution in [0.15, 0.2) is 21.3 Å². The third-order valence-electron chi connectivity index (χ3n) is 1.74. The first-order valence-corrected chi connectivity index (χ1v) is 3.88. The Morgan fingerprint density at radius 2 is 2.38 bits per heavy atom. The fourth-order valence-corrected chi connectivity index (χ4v) is 1.06. The number of furan rings is 1. The minimum atomic E-state index is 0.254. The number of hydrogen-bond donors (Lipinski definition) is 1. The van der Waals surface area contributed by atoms with Crippen molar-refractivity contribution in [3.8, 4) is 11.4 Å². The summed E-state index contributed by atoms with van der Waals surface area (Å²) < 4.78 is 9.97. The normalized spacial score (nSPS) is 10.6. The highest BCUT2D eigenvalue weighted by Crippen LogP contribution is 2.20. The average Bonchev–Trinajstić information content (AvgIpc) is 2.71. The van der Waals surface area contributed by atoms with Crippen LogP contribution in [-0.4, -0.2) is 10.1 Å². The van der Waals surface area contributed by atoms with Gasteiger partial charge in [0.2, 0.25) is 11.7 Å². The molecule has 0 saturated heterocycles. The Morgan fingerprint density at radius 1 is 1.54 bits per heavy atom. The first-order valence-electron chi connectivity index (χ1n) is 3.88. The lowest BCUT2D eigenvalue weighted by molar-refractivity contribution is 0.380. The molecule has 0 aliphatic heterocycles. The fraction of sp³-hybridized carbons (Fsp3) is 0.250. The molecule has 0 atom stereocenters. The van der Waals surface area contributed by atoms with Gasteiger partial charge in [-0.05, 0) is 13.0 Å². The molecule has 2 aromatic rings. The lowest BCUT2D eigenvalue weighted by Crippen LogP contribution is -1.95. The number of aromatic nitrogens is 2. The second kappa shape index (κ2) is 3.02. The maximum Gasteiger partial charge on any atom is 0.240 e. The van der Waals surface area contributed by atoms with Gasteiger partial charge in [0.15, 0.2) is 0 Å². The van der Waals surface area contributed by atoms with Crippen LogP contribution in [0.1, 0.15) is 11.7 Å². The van der Waals surface area contributed by atoms with Crippen molar-refractivity contribution in [2.45, 2.75) is 13.5 Å². The van der Waals surface area contributed by atoms with Crippen LogP contribution in [0.4, 0.5) is 0 Å². The Kier molecular flexibility index (Phi) is 1.86. The Morgan fingerprint density at radius 3 is 2.92 bits per heavy atom. The topological polar surface area (TPSA) is 78.1 Å². The number of aryl methyl sites for hydroxylation is 1. The van der Waals surface area contributed by atoms with Gasteiger partial charge in [-0.15, -0.1) is 0 Å². The lowest BCUT2D eigenvalue weighted by atomic mass is 10.2. The Hall–Kier alpha value is -1.62. The summed E-state index contributed by atoms with van der Waals surface area (Å²) in [6.07, 6.45) is 1.59. The van der Waals surface area contributed by atoms with Crippen molar-refractivity contribution in [1.29, 1.82) is 0 Å². The van der Waals surface area contributed by atoms with Crippen LogP contribution in [0.3, 0.4) is 0 Å². The highest BCUT2D eigenvalue weighted by atomic mass is 16.5. The minimum absolute atomic E-state index is 0.254. The molecule has 5 heteroatoms. The molecule has 0 unspecified atom stereocenters. The third kappa shape index (κ3) is 1.33. The molecule has 0 amide bonds. The van der Waals surface area contributed by atoms with Crippen LogP contribution in [0.25, 0.3) is 11.4 Å². The Balaban J connectivity index is 2.41. The molecule has 2 heterocycles. The van der Waals surface area contributed by atoms with Crippen molar-refractivity contribution in [1.82, 2.24) is 10.1 Å². The molecule has 0 aromatic carbocycles. The average molecular weight is 179 g/mol. The van der Waals surface area contributed by atoms with Crippen LogP contribution in [0.5, 0.6) is 0 Å². The lowest BCUT2D eigenvalue weighted by Gasteiger charge is -1.87. The van der Waals surface area contributed by atoms with Gasteiger partial charge in [-0.2, -0.15) is 4.98 Å². The molecular weight excluding hydrogens is 170 g/mol.